The van der Waals surface area contributed by atoms with E-state index in [1.54, 1.807) is 0 Å². The first kappa shape index (κ1) is 19.8. The van der Waals surface area contributed by atoms with Crippen molar-refractivity contribution in [1.29, 1.82) is 0 Å². The number of benzene rings is 2. The fourth-order valence-corrected chi connectivity index (χ4v) is 5.76. The number of rotatable bonds is 1. The first-order valence-electron chi connectivity index (χ1n) is 11.0. The highest BCUT2D eigenvalue weighted by atomic mass is 35.5. The van der Waals surface area contributed by atoms with Crippen molar-refractivity contribution < 1.29 is 14.6 Å². The number of nitrogens with zero attached hydrogens (tertiary/aromatic N) is 4. The molecule has 164 valence electrons. The molecule has 0 radical (unpaired) electrons. The van der Waals surface area contributed by atoms with Gasteiger partial charge in [-0.15, -0.1) is 10.2 Å². The molecule has 1 aromatic heterocycles. The Labute approximate surface area is 190 Å². The Kier molecular flexibility index (Phi) is 4.52. The Morgan fingerprint density at radius 1 is 1.09 bits per heavy atom. The first-order valence-corrected chi connectivity index (χ1v) is 11.3. The van der Waals surface area contributed by atoms with Crippen molar-refractivity contribution in [2.75, 3.05) is 0 Å². The molecule has 1 N–H and O–H groups in total. The highest BCUT2D eigenvalue weighted by Crippen LogP contribution is 2.50. The summed E-state index contributed by atoms with van der Waals surface area (Å²) in [6.07, 6.45) is 2.78. The van der Waals surface area contributed by atoms with Gasteiger partial charge in [-0.3, -0.25) is 9.47 Å². The molecule has 1 saturated carbocycles. The lowest BCUT2D eigenvalue weighted by Crippen LogP contribution is -2.31. The molecule has 32 heavy (non-hydrogen) atoms. The summed E-state index contributed by atoms with van der Waals surface area (Å²) in [5.41, 5.74) is 4.20. The smallest absolute Gasteiger partial charge is 0.408 e. The van der Waals surface area contributed by atoms with Crippen molar-refractivity contribution >= 4 is 17.7 Å². The molecule has 1 spiro atoms. The number of ether oxygens (including phenoxy) is 1. The third-order valence-corrected chi connectivity index (χ3v) is 7.41. The van der Waals surface area contributed by atoms with E-state index < -0.39 is 6.09 Å². The Balaban J connectivity index is 1.35. The minimum absolute atomic E-state index is 0.194. The maximum Gasteiger partial charge on any atom is 0.408 e. The Bertz CT molecular complexity index is 1220. The van der Waals surface area contributed by atoms with Crippen LogP contribution in [0.25, 0.3) is 5.69 Å². The minimum Gasteiger partial charge on any atom is -0.465 e. The third kappa shape index (κ3) is 3.03. The van der Waals surface area contributed by atoms with Gasteiger partial charge in [-0.1, -0.05) is 35.9 Å². The van der Waals surface area contributed by atoms with Gasteiger partial charge in [-0.25, -0.2) is 4.79 Å². The van der Waals surface area contributed by atoms with Gasteiger partial charge in [0.2, 0.25) is 0 Å². The van der Waals surface area contributed by atoms with Crippen molar-refractivity contribution in [2.45, 2.75) is 56.9 Å². The maximum atomic E-state index is 11.8. The van der Waals surface area contributed by atoms with Crippen LogP contribution in [-0.4, -0.2) is 30.9 Å². The molecule has 0 bridgehead atoms. The van der Waals surface area contributed by atoms with E-state index in [1.807, 2.05) is 18.2 Å². The molecule has 1 aliphatic carbocycles. The van der Waals surface area contributed by atoms with Crippen LogP contribution >= 0.6 is 11.6 Å². The van der Waals surface area contributed by atoms with Crippen LogP contribution in [0, 0.1) is 0 Å². The molecule has 3 aliphatic rings. The Morgan fingerprint density at radius 2 is 1.91 bits per heavy atom. The molecule has 3 heterocycles. The number of carboxylic acid groups (broad SMARTS) is 1. The summed E-state index contributed by atoms with van der Waals surface area (Å²) < 4.78 is 8.39. The number of hydrogen-bond acceptors (Lipinski definition) is 4. The molecule has 2 aromatic carbocycles. The summed E-state index contributed by atoms with van der Waals surface area (Å²) in [4.78, 5) is 13.1. The van der Waals surface area contributed by atoms with Crippen molar-refractivity contribution in [3.05, 3.63) is 75.8 Å². The summed E-state index contributed by atoms with van der Waals surface area (Å²) in [7, 11) is 0. The zero-order valence-corrected chi connectivity index (χ0v) is 18.3. The number of hydrogen-bond donors (Lipinski definition) is 1. The van der Waals surface area contributed by atoms with E-state index in [9.17, 15) is 9.90 Å². The molecule has 1 amide bonds. The van der Waals surface area contributed by atoms with Gasteiger partial charge in [0.05, 0.1) is 31.0 Å². The molecule has 2 aliphatic heterocycles. The molecule has 1 fully saturated rings. The predicted molar refractivity (Wildman–Crippen MR) is 118 cm³/mol. The van der Waals surface area contributed by atoms with Crippen molar-refractivity contribution in [1.82, 2.24) is 19.7 Å². The van der Waals surface area contributed by atoms with E-state index in [4.69, 9.17) is 16.3 Å². The average molecular weight is 451 g/mol. The van der Waals surface area contributed by atoms with E-state index in [-0.39, 0.29) is 24.6 Å². The fraction of sp³-hybridized carbons (Fsp3) is 0.375. The van der Waals surface area contributed by atoms with Crippen LogP contribution < -0.4 is 0 Å². The Morgan fingerprint density at radius 3 is 2.72 bits per heavy atom. The van der Waals surface area contributed by atoms with E-state index in [1.165, 1.54) is 16.0 Å². The van der Waals surface area contributed by atoms with Crippen LogP contribution in [0.4, 0.5) is 4.79 Å². The molecule has 0 saturated heterocycles. The molecule has 3 aromatic rings. The first-order chi connectivity index (χ1) is 15.5. The SMILES string of the molecule is O=C(O)N1Cc2cc(Cl)ccc2-n2c(nnc2[C@H]2CC[C@@]3(CC2)OCc2ccccc23)C1. The lowest BCUT2D eigenvalue weighted by atomic mass is 9.74. The standard InChI is InChI=1S/C24H23ClN4O3/c25-18-5-6-20-17(11-18)12-28(23(30)31)13-21-26-27-22(29(20)21)15-7-9-24(10-8-15)19-4-2-1-3-16(19)14-32-24/h1-6,11,15H,7-10,12-14H2,(H,30,31)/t15-,24-. The van der Waals surface area contributed by atoms with Crippen molar-refractivity contribution in [3.8, 4) is 5.69 Å². The topological polar surface area (TPSA) is 80.5 Å². The van der Waals surface area contributed by atoms with E-state index >= 15 is 0 Å². The second kappa shape index (κ2) is 7.32. The average Bonchev–Trinajstić information content (AvgIpc) is 3.32. The van der Waals surface area contributed by atoms with Gasteiger partial charge in [0.15, 0.2) is 5.82 Å². The maximum absolute atomic E-state index is 11.8. The van der Waals surface area contributed by atoms with Gasteiger partial charge in [0.1, 0.15) is 5.82 Å². The van der Waals surface area contributed by atoms with E-state index in [2.05, 4.69) is 39.0 Å². The van der Waals surface area contributed by atoms with Crippen LogP contribution in [-0.2, 0) is 30.0 Å². The van der Waals surface area contributed by atoms with Crippen molar-refractivity contribution in [3.63, 3.8) is 0 Å². The lowest BCUT2D eigenvalue weighted by Gasteiger charge is -2.37. The predicted octanol–water partition coefficient (Wildman–Crippen LogP) is 5.00. The van der Waals surface area contributed by atoms with Gasteiger partial charge in [0.25, 0.3) is 0 Å². The zero-order chi connectivity index (χ0) is 21.9. The van der Waals surface area contributed by atoms with Crippen LogP contribution in [0.5, 0.6) is 0 Å². The number of halogens is 1. The molecule has 7 nitrogen and oxygen atoms in total. The number of carbonyl (C=O) groups is 1. The monoisotopic (exact) mass is 450 g/mol. The van der Waals surface area contributed by atoms with Crippen LogP contribution in [0.2, 0.25) is 5.02 Å². The third-order valence-electron chi connectivity index (χ3n) is 7.17. The lowest BCUT2D eigenvalue weighted by molar-refractivity contribution is -0.0674. The highest BCUT2D eigenvalue weighted by Gasteiger charge is 2.44. The summed E-state index contributed by atoms with van der Waals surface area (Å²) in [5, 5.41) is 19.2. The summed E-state index contributed by atoms with van der Waals surface area (Å²) in [6.45, 7) is 1.15. The van der Waals surface area contributed by atoms with E-state index in [0.29, 0.717) is 17.5 Å². The van der Waals surface area contributed by atoms with Crippen LogP contribution in [0.15, 0.2) is 42.5 Å². The van der Waals surface area contributed by atoms with Gasteiger partial charge in [-0.2, -0.15) is 0 Å². The number of fused-ring (bicyclic) bond motifs is 5. The van der Waals surface area contributed by atoms with Gasteiger partial charge < -0.3 is 9.84 Å². The fourth-order valence-electron chi connectivity index (χ4n) is 5.57. The van der Waals surface area contributed by atoms with E-state index in [0.717, 1.165) is 42.8 Å². The highest BCUT2D eigenvalue weighted by molar-refractivity contribution is 6.30. The largest absolute Gasteiger partial charge is 0.465 e. The molecular formula is C24H23ClN4O3. The molecule has 0 unspecified atom stereocenters. The summed E-state index contributed by atoms with van der Waals surface area (Å²) in [6, 6.07) is 14.1. The van der Waals surface area contributed by atoms with Gasteiger partial charge in [0, 0.05) is 10.9 Å². The van der Waals surface area contributed by atoms with Crippen LogP contribution in [0.1, 0.15) is 59.9 Å². The normalized spacial score (nSPS) is 24.0. The van der Waals surface area contributed by atoms with Crippen LogP contribution in [0.3, 0.4) is 0 Å². The second-order valence-corrected chi connectivity index (χ2v) is 9.37. The summed E-state index contributed by atoms with van der Waals surface area (Å²) >= 11 is 6.24. The minimum atomic E-state index is -0.981. The summed E-state index contributed by atoms with van der Waals surface area (Å²) in [5.74, 6) is 1.78. The molecule has 8 heteroatoms. The van der Waals surface area contributed by atoms with Gasteiger partial charge >= 0.3 is 6.09 Å². The number of amides is 1. The quantitative estimate of drug-likeness (QED) is 0.564. The second-order valence-electron chi connectivity index (χ2n) is 8.94. The molecular weight excluding hydrogens is 428 g/mol. The van der Waals surface area contributed by atoms with Gasteiger partial charge in [-0.05, 0) is 60.6 Å². The Hall–Kier alpha value is -2.90. The molecule has 6 rings (SSSR count). The molecule has 0 atom stereocenters. The zero-order valence-electron chi connectivity index (χ0n) is 17.5. The number of aromatic nitrogens is 3. The van der Waals surface area contributed by atoms with Crippen molar-refractivity contribution in [2.24, 2.45) is 0 Å².